The molecule has 1 aliphatic carbocycles. The van der Waals surface area contributed by atoms with Crippen molar-refractivity contribution in [3.63, 3.8) is 0 Å². The van der Waals surface area contributed by atoms with Crippen molar-refractivity contribution in [2.75, 3.05) is 11.5 Å². The van der Waals surface area contributed by atoms with Crippen molar-refractivity contribution in [2.24, 2.45) is 5.92 Å². The first kappa shape index (κ1) is 19.9. The Balaban J connectivity index is 1.95. The van der Waals surface area contributed by atoms with Crippen LogP contribution in [0.25, 0.3) is 0 Å². The number of esters is 1. The summed E-state index contributed by atoms with van der Waals surface area (Å²) < 4.78 is 4.97. The maximum atomic E-state index is 13.2. The van der Waals surface area contributed by atoms with Gasteiger partial charge in [0, 0.05) is 21.9 Å². The average molecular weight is 410 g/mol. The number of rotatable bonds is 5. The summed E-state index contributed by atoms with van der Waals surface area (Å²) in [6, 6.07) is 8.79. The lowest BCUT2D eigenvalue weighted by Crippen LogP contribution is -2.39. The van der Waals surface area contributed by atoms with E-state index in [1.54, 1.807) is 31.2 Å². The molecule has 7 heteroatoms. The molecule has 3 unspecified atom stereocenters. The van der Waals surface area contributed by atoms with Gasteiger partial charge in [-0.1, -0.05) is 18.2 Å². The van der Waals surface area contributed by atoms with Crippen LogP contribution >= 0.6 is 23.2 Å². The van der Waals surface area contributed by atoms with Gasteiger partial charge in [0.05, 0.1) is 12.3 Å². The maximum absolute atomic E-state index is 13.2. The summed E-state index contributed by atoms with van der Waals surface area (Å²) in [5, 5.41) is -0.937. The molecule has 1 aromatic carbocycles. The molecule has 0 fully saturated rings. The minimum absolute atomic E-state index is 0.140. The second-order valence-corrected chi connectivity index (χ2v) is 8.35. The molecule has 1 aliphatic heterocycles. The topological polar surface area (TPSA) is 63.7 Å². The first-order valence-corrected chi connectivity index (χ1v) is 9.76. The van der Waals surface area contributed by atoms with Crippen LogP contribution in [0.2, 0.25) is 0 Å². The van der Waals surface area contributed by atoms with E-state index in [-0.39, 0.29) is 24.8 Å². The molecule has 0 saturated heterocycles. The van der Waals surface area contributed by atoms with E-state index in [1.165, 1.54) is 4.90 Å². The van der Waals surface area contributed by atoms with E-state index in [9.17, 15) is 14.4 Å². The fourth-order valence-corrected chi connectivity index (χ4v) is 4.28. The molecule has 1 heterocycles. The van der Waals surface area contributed by atoms with Gasteiger partial charge in [0.1, 0.15) is 5.38 Å². The molecule has 0 saturated carbocycles. The molecule has 1 aromatic rings. The number of para-hydroxylation sites is 1. The third-order valence-corrected chi connectivity index (χ3v) is 5.97. The number of hydrogen-bond acceptors (Lipinski definition) is 4. The number of carbonyl (C=O) groups excluding carboxylic acids is 3. The van der Waals surface area contributed by atoms with Gasteiger partial charge in [-0.05, 0) is 45.2 Å². The minimum Gasteiger partial charge on any atom is -0.465 e. The molecule has 0 N–H and O–H groups in total. The summed E-state index contributed by atoms with van der Waals surface area (Å²) in [5.41, 5.74) is 1.37. The van der Waals surface area contributed by atoms with E-state index in [1.807, 2.05) is 13.0 Å². The van der Waals surface area contributed by atoms with Gasteiger partial charge in [-0.15, -0.1) is 23.2 Å². The Hall–Kier alpha value is -1.85. The molecule has 144 valence electrons. The first-order chi connectivity index (χ1) is 12.8. The predicted octanol–water partition coefficient (Wildman–Crippen LogP) is 3.82. The van der Waals surface area contributed by atoms with E-state index in [2.05, 4.69) is 0 Å². The zero-order chi connectivity index (χ0) is 19.8. The van der Waals surface area contributed by atoms with Crippen LogP contribution in [0.4, 0.5) is 5.69 Å². The van der Waals surface area contributed by atoms with Crippen LogP contribution in [0, 0.1) is 5.92 Å². The van der Waals surface area contributed by atoms with Gasteiger partial charge in [-0.3, -0.25) is 14.4 Å². The smallest absolute Gasteiger partial charge is 0.324 e. The lowest BCUT2D eigenvalue weighted by molar-refractivity contribution is -0.143. The van der Waals surface area contributed by atoms with Gasteiger partial charge in [0.25, 0.3) is 11.8 Å². The first-order valence-electron chi connectivity index (χ1n) is 8.94. The third kappa shape index (κ3) is 3.63. The molecular formula is C20H21Cl2NO4. The highest BCUT2D eigenvalue weighted by molar-refractivity contribution is 6.35. The molecule has 0 bridgehead atoms. The van der Waals surface area contributed by atoms with Gasteiger partial charge in [0.15, 0.2) is 0 Å². The number of anilines is 1. The second kappa shape index (κ2) is 7.64. The van der Waals surface area contributed by atoms with E-state index in [0.717, 1.165) is 0 Å². The molecule has 3 rings (SSSR count). The zero-order valence-corrected chi connectivity index (χ0v) is 16.7. The standard InChI is InChI=1S/C20H21Cl2NO4/c1-3-27-19(26)15(21)11-14-16-13(9-10-20(14,2)22)17(24)23(18(16)25)12-7-5-4-6-8-12/h4-8,14-15H,3,9-11H2,1-2H3. The molecule has 5 nitrogen and oxygen atoms in total. The van der Waals surface area contributed by atoms with Crippen molar-refractivity contribution in [1.82, 2.24) is 0 Å². The maximum Gasteiger partial charge on any atom is 0.324 e. The highest BCUT2D eigenvalue weighted by Gasteiger charge is 2.51. The van der Waals surface area contributed by atoms with Crippen molar-refractivity contribution >= 4 is 46.7 Å². The summed E-state index contributed by atoms with van der Waals surface area (Å²) in [7, 11) is 0. The molecule has 3 atom stereocenters. The Kier molecular flexibility index (Phi) is 5.63. The second-order valence-electron chi connectivity index (χ2n) is 6.96. The fraction of sp³-hybridized carbons (Fsp3) is 0.450. The predicted molar refractivity (Wildman–Crippen MR) is 104 cm³/mol. The van der Waals surface area contributed by atoms with Crippen molar-refractivity contribution in [1.29, 1.82) is 0 Å². The minimum atomic E-state index is -0.937. The van der Waals surface area contributed by atoms with Gasteiger partial charge in [-0.2, -0.15) is 0 Å². The Morgan fingerprint density at radius 2 is 1.96 bits per heavy atom. The van der Waals surface area contributed by atoms with Crippen molar-refractivity contribution < 1.29 is 19.1 Å². The van der Waals surface area contributed by atoms with Crippen molar-refractivity contribution in [2.45, 2.75) is 43.4 Å². The highest BCUT2D eigenvalue weighted by Crippen LogP contribution is 2.48. The summed E-state index contributed by atoms with van der Waals surface area (Å²) in [6.07, 6.45) is 1.08. The Labute approximate surface area is 168 Å². The van der Waals surface area contributed by atoms with Gasteiger partial charge in [0.2, 0.25) is 0 Å². The van der Waals surface area contributed by atoms with Crippen LogP contribution in [0.5, 0.6) is 0 Å². The Morgan fingerprint density at radius 3 is 2.59 bits per heavy atom. The van der Waals surface area contributed by atoms with Gasteiger partial charge in [-0.25, -0.2) is 4.90 Å². The van der Waals surface area contributed by atoms with Crippen LogP contribution in [0.3, 0.4) is 0 Å². The molecule has 2 aliphatic rings. The van der Waals surface area contributed by atoms with E-state index in [4.69, 9.17) is 27.9 Å². The van der Waals surface area contributed by atoms with Crippen LogP contribution in [0.15, 0.2) is 41.5 Å². The van der Waals surface area contributed by atoms with Gasteiger partial charge >= 0.3 is 5.97 Å². The average Bonchev–Trinajstić information content (AvgIpc) is 2.88. The summed E-state index contributed by atoms with van der Waals surface area (Å²) in [6.45, 7) is 3.74. The van der Waals surface area contributed by atoms with E-state index >= 15 is 0 Å². The third-order valence-electron chi connectivity index (χ3n) is 5.16. The summed E-state index contributed by atoms with van der Waals surface area (Å²) in [4.78, 5) is 38.4. The fourth-order valence-electron chi connectivity index (χ4n) is 3.75. The number of imide groups is 1. The number of amides is 2. The van der Waals surface area contributed by atoms with Crippen LogP contribution in [-0.2, 0) is 19.1 Å². The molecule has 0 radical (unpaired) electrons. The molecule has 27 heavy (non-hydrogen) atoms. The number of ether oxygens (including phenoxy) is 1. The van der Waals surface area contributed by atoms with Crippen molar-refractivity contribution in [3.05, 3.63) is 41.5 Å². The van der Waals surface area contributed by atoms with Crippen molar-refractivity contribution in [3.8, 4) is 0 Å². The Morgan fingerprint density at radius 1 is 1.30 bits per heavy atom. The molecular weight excluding hydrogens is 389 g/mol. The monoisotopic (exact) mass is 409 g/mol. The number of halogens is 2. The molecule has 0 aromatic heterocycles. The largest absolute Gasteiger partial charge is 0.465 e. The zero-order valence-electron chi connectivity index (χ0n) is 15.2. The SMILES string of the molecule is CCOC(=O)C(Cl)CC1C2=C(CCC1(C)Cl)C(=O)N(c1ccccc1)C2=O. The quantitative estimate of drug-likeness (QED) is 0.421. The normalized spacial score (nSPS) is 26.2. The van der Waals surface area contributed by atoms with Gasteiger partial charge < -0.3 is 4.74 Å². The van der Waals surface area contributed by atoms with Crippen LogP contribution in [-0.4, -0.2) is 34.6 Å². The number of hydrogen-bond donors (Lipinski definition) is 0. The molecule has 0 spiro atoms. The lowest BCUT2D eigenvalue weighted by Gasteiger charge is -2.37. The van der Waals surface area contributed by atoms with Crippen LogP contribution in [0.1, 0.15) is 33.1 Å². The van der Waals surface area contributed by atoms with Crippen LogP contribution < -0.4 is 4.90 Å². The number of alkyl halides is 2. The van der Waals surface area contributed by atoms with E-state index in [0.29, 0.717) is 29.7 Å². The highest BCUT2D eigenvalue weighted by atomic mass is 35.5. The summed E-state index contributed by atoms with van der Waals surface area (Å²) >= 11 is 12.9. The number of nitrogens with zero attached hydrogens (tertiary/aromatic N) is 1. The Bertz CT molecular complexity index is 803. The number of carbonyl (C=O) groups is 3. The summed E-state index contributed by atoms with van der Waals surface area (Å²) in [5.74, 6) is -1.76. The lowest BCUT2D eigenvalue weighted by atomic mass is 9.73. The molecule has 2 amide bonds. The van der Waals surface area contributed by atoms with E-state index < -0.39 is 22.1 Å². The number of benzene rings is 1.